The van der Waals surface area contributed by atoms with Gasteiger partial charge < -0.3 is 4.74 Å². The van der Waals surface area contributed by atoms with E-state index in [0.29, 0.717) is 6.61 Å². The van der Waals surface area contributed by atoms with Gasteiger partial charge in [-0.2, -0.15) is 11.8 Å². The Balaban J connectivity index is 1.80. The molecule has 1 nitrogen and oxygen atoms in total. The second-order valence-electron chi connectivity index (χ2n) is 1.78. The quantitative estimate of drug-likeness (QED) is 0.322. The molecule has 1 saturated heterocycles. The van der Waals surface area contributed by atoms with Crippen molar-refractivity contribution in [2.45, 2.75) is 5.25 Å². The lowest BCUT2D eigenvalue weighted by Gasteiger charge is -1.93. The molecule has 0 unspecified atom stereocenters. The van der Waals surface area contributed by atoms with E-state index in [1.54, 1.807) is 6.08 Å². The van der Waals surface area contributed by atoms with Gasteiger partial charge in [0.25, 0.3) is 0 Å². The molecule has 1 aliphatic rings. The minimum absolute atomic E-state index is 0.705. The lowest BCUT2D eigenvalue weighted by molar-refractivity contribution is 0.171. The van der Waals surface area contributed by atoms with E-state index in [0.717, 1.165) is 11.9 Å². The fraction of sp³-hybridized carbons (Fsp3) is 0.667. The summed E-state index contributed by atoms with van der Waals surface area (Å²) in [6, 6.07) is 0. The first-order chi connectivity index (χ1) is 3.93. The van der Waals surface area contributed by atoms with Gasteiger partial charge in [0.05, 0.1) is 13.2 Å². The third-order valence-corrected chi connectivity index (χ3v) is 1.88. The molecule has 0 spiro atoms. The number of hydrogen-bond acceptors (Lipinski definition) is 2. The van der Waals surface area contributed by atoms with E-state index in [9.17, 15) is 0 Å². The Hall–Kier alpha value is 0.0500. The molecular weight excluding hydrogens is 120 g/mol. The van der Waals surface area contributed by atoms with Crippen LogP contribution >= 0.6 is 11.8 Å². The van der Waals surface area contributed by atoms with Gasteiger partial charge >= 0.3 is 0 Å². The van der Waals surface area contributed by atoms with Crippen LogP contribution in [0.3, 0.4) is 0 Å². The van der Waals surface area contributed by atoms with Crippen LogP contribution in [0.4, 0.5) is 0 Å². The molecule has 8 heavy (non-hydrogen) atoms. The molecule has 0 saturated carbocycles. The van der Waals surface area contributed by atoms with Crippen LogP contribution in [0.2, 0.25) is 0 Å². The number of rotatable bonds is 4. The van der Waals surface area contributed by atoms with Crippen LogP contribution in [-0.4, -0.2) is 24.2 Å². The summed E-state index contributed by atoms with van der Waals surface area (Å²) < 4.78 is 5.17. The smallest absolute Gasteiger partial charge is 0.0645 e. The molecule has 0 aromatic heterocycles. The summed E-state index contributed by atoms with van der Waals surface area (Å²) in [5, 5.41) is 0.801. The van der Waals surface area contributed by atoms with Crippen molar-refractivity contribution in [3.05, 3.63) is 12.7 Å². The standard InChI is InChI=1S/C6H10OS/c1-2-3-7-4-6-5-8-6/h2,6H,1,3-5H2/t6-/m1/s1. The molecule has 1 heterocycles. The summed E-state index contributed by atoms with van der Waals surface area (Å²) in [6.45, 7) is 5.16. The molecule has 2 heteroatoms. The van der Waals surface area contributed by atoms with Crippen molar-refractivity contribution < 1.29 is 4.74 Å². The van der Waals surface area contributed by atoms with Gasteiger partial charge in [0.2, 0.25) is 0 Å². The fourth-order valence-electron chi connectivity index (χ4n) is 0.447. The Morgan fingerprint density at radius 2 is 2.62 bits per heavy atom. The van der Waals surface area contributed by atoms with Crippen molar-refractivity contribution in [2.24, 2.45) is 0 Å². The summed E-state index contributed by atoms with van der Waals surface area (Å²) in [5.74, 6) is 1.29. The third kappa shape index (κ3) is 2.38. The van der Waals surface area contributed by atoms with Crippen molar-refractivity contribution in [3.63, 3.8) is 0 Å². The van der Waals surface area contributed by atoms with Crippen LogP contribution in [0.25, 0.3) is 0 Å². The number of thioether (sulfide) groups is 1. The number of hydrogen-bond donors (Lipinski definition) is 0. The van der Waals surface area contributed by atoms with Gasteiger partial charge in [0.1, 0.15) is 0 Å². The van der Waals surface area contributed by atoms with Gasteiger partial charge in [-0.15, -0.1) is 6.58 Å². The van der Waals surface area contributed by atoms with Gasteiger partial charge in [-0.1, -0.05) is 6.08 Å². The van der Waals surface area contributed by atoms with E-state index < -0.39 is 0 Å². The molecule has 1 fully saturated rings. The molecule has 1 rings (SSSR count). The van der Waals surface area contributed by atoms with Crippen LogP contribution in [0, 0.1) is 0 Å². The molecule has 1 atom stereocenters. The van der Waals surface area contributed by atoms with E-state index >= 15 is 0 Å². The Bertz CT molecular complexity index is 78.6. The van der Waals surface area contributed by atoms with Crippen molar-refractivity contribution in [1.82, 2.24) is 0 Å². The van der Waals surface area contributed by atoms with Gasteiger partial charge in [-0.25, -0.2) is 0 Å². The largest absolute Gasteiger partial charge is 0.376 e. The molecular formula is C6H10OS. The van der Waals surface area contributed by atoms with Crippen molar-refractivity contribution >= 4 is 11.8 Å². The second-order valence-corrected chi connectivity index (χ2v) is 3.11. The molecule has 0 aromatic carbocycles. The van der Waals surface area contributed by atoms with E-state index in [2.05, 4.69) is 6.58 Å². The maximum atomic E-state index is 5.17. The molecule has 0 N–H and O–H groups in total. The zero-order chi connectivity index (χ0) is 5.82. The molecule has 0 aromatic rings. The predicted octanol–water partition coefficient (Wildman–Crippen LogP) is 1.30. The summed E-state index contributed by atoms with van der Waals surface area (Å²) in [7, 11) is 0. The van der Waals surface area contributed by atoms with Crippen LogP contribution in [-0.2, 0) is 4.74 Å². The molecule has 46 valence electrons. The predicted molar refractivity (Wildman–Crippen MR) is 37.3 cm³/mol. The normalized spacial score (nSPS) is 25.2. The first-order valence-corrected chi connectivity index (χ1v) is 3.78. The van der Waals surface area contributed by atoms with Crippen molar-refractivity contribution in [1.29, 1.82) is 0 Å². The summed E-state index contributed by atoms with van der Waals surface area (Å²) in [6.07, 6.45) is 1.78. The first kappa shape index (κ1) is 6.17. The summed E-state index contributed by atoms with van der Waals surface area (Å²) >= 11 is 1.96. The van der Waals surface area contributed by atoms with Crippen LogP contribution in [0.5, 0.6) is 0 Å². The fourth-order valence-corrected chi connectivity index (χ4v) is 0.872. The number of ether oxygens (including phenoxy) is 1. The third-order valence-electron chi connectivity index (χ3n) is 0.942. The van der Waals surface area contributed by atoms with Crippen molar-refractivity contribution in [3.8, 4) is 0 Å². The first-order valence-electron chi connectivity index (χ1n) is 2.73. The van der Waals surface area contributed by atoms with E-state index in [1.807, 2.05) is 11.8 Å². The highest BCUT2D eigenvalue weighted by atomic mass is 32.2. The topological polar surface area (TPSA) is 9.23 Å². The maximum absolute atomic E-state index is 5.17. The lowest BCUT2D eigenvalue weighted by Crippen LogP contribution is -1.98. The van der Waals surface area contributed by atoms with Gasteiger partial charge in [0.15, 0.2) is 0 Å². The van der Waals surface area contributed by atoms with Crippen LogP contribution in [0.1, 0.15) is 0 Å². The van der Waals surface area contributed by atoms with Gasteiger partial charge in [-0.05, 0) is 0 Å². The second kappa shape index (κ2) is 3.15. The molecule has 0 aliphatic carbocycles. The van der Waals surface area contributed by atoms with E-state index in [4.69, 9.17) is 4.74 Å². The molecule has 0 bridgehead atoms. The average Bonchev–Trinajstić information content (AvgIpc) is 2.51. The summed E-state index contributed by atoms with van der Waals surface area (Å²) in [5.41, 5.74) is 0. The van der Waals surface area contributed by atoms with Crippen LogP contribution < -0.4 is 0 Å². The Morgan fingerprint density at radius 3 is 3.12 bits per heavy atom. The minimum Gasteiger partial charge on any atom is -0.376 e. The van der Waals surface area contributed by atoms with Crippen molar-refractivity contribution in [2.75, 3.05) is 19.0 Å². The Labute approximate surface area is 54.1 Å². The lowest BCUT2D eigenvalue weighted by atomic mass is 10.5. The highest BCUT2D eigenvalue weighted by molar-refractivity contribution is 8.06. The monoisotopic (exact) mass is 130 g/mol. The minimum atomic E-state index is 0.705. The Kier molecular flexibility index (Phi) is 2.43. The van der Waals surface area contributed by atoms with Gasteiger partial charge in [-0.3, -0.25) is 0 Å². The van der Waals surface area contributed by atoms with E-state index in [1.165, 1.54) is 5.75 Å². The van der Waals surface area contributed by atoms with Crippen LogP contribution in [0.15, 0.2) is 12.7 Å². The Morgan fingerprint density at radius 1 is 1.88 bits per heavy atom. The molecule has 0 radical (unpaired) electrons. The van der Waals surface area contributed by atoms with Gasteiger partial charge in [0, 0.05) is 11.0 Å². The maximum Gasteiger partial charge on any atom is 0.0645 e. The highest BCUT2D eigenvalue weighted by Gasteiger charge is 2.21. The molecule has 1 aliphatic heterocycles. The zero-order valence-electron chi connectivity index (χ0n) is 4.80. The SMILES string of the molecule is C=CCOC[C@@H]1CS1. The molecule has 0 amide bonds. The summed E-state index contributed by atoms with van der Waals surface area (Å²) in [4.78, 5) is 0. The zero-order valence-corrected chi connectivity index (χ0v) is 5.62. The average molecular weight is 130 g/mol. The van der Waals surface area contributed by atoms with E-state index in [-0.39, 0.29) is 0 Å². The highest BCUT2D eigenvalue weighted by Crippen LogP contribution is 2.29.